The summed E-state index contributed by atoms with van der Waals surface area (Å²) in [6.07, 6.45) is 6.47. The van der Waals surface area contributed by atoms with Gasteiger partial charge in [-0.2, -0.15) is 10.0 Å². The van der Waals surface area contributed by atoms with E-state index in [2.05, 4.69) is 212 Å². The second kappa shape index (κ2) is 17.8. The molecule has 324 valence electrons. The lowest BCUT2D eigenvalue weighted by molar-refractivity contribution is 0.163. The van der Waals surface area contributed by atoms with Gasteiger partial charge in [0.25, 0.3) is 0 Å². The fourth-order valence-electron chi connectivity index (χ4n) is 11.1. The number of benzene rings is 10. The Hall–Kier alpha value is -6.71. The third kappa shape index (κ3) is 7.67. The molecule has 12 rings (SSSR count). The van der Waals surface area contributed by atoms with Crippen LogP contribution in [0.25, 0.3) is 87.6 Å². The summed E-state index contributed by atoms with van der Waals surface area (Å²) < 4.78 is 14.9. The van der Waals surface area contributed by atoms with Crippen LogP contribution in [0.5, 0.6) is 11.5 Å². The summed E-state index contributed by atoms with van der Waals surface area (Å²) >= 11 is -3.17. The maximum Gasteiger partial charge on any atom is 0.999 e. The zero-order valence-electron chi connectivity index (χ0n) is 37.4. The lowest BCUT2D eigenvalue weighted by atomic mass is 9.85. The minimum absolute atomic E-state index is 0.0933. The van der Waals surface area contributed by atoms with Crippen molar-refractivity contribution in [2.24, 2.45) is 4.99 Å². The van der Waals surface area contributed by atoms with Crippen molar-refractivity contribution in [2.75, 3.05) is 7.05 Å². The number of nitrogens with zero attached hydrogens (tertiary/aromatic N) is 2. The van der Waals surface area contributed by atoms with Crippen LogP contribution in [-0.4, -0.2) is 44.1 Å². The normalized spacial score (nSPS) is 16.6. The third-order valence-electron chi connectivity index (χ3n) is 14.1. The van der Waals surface area contributed by atoms with E-state index in [0.717, 1.165) is 130 Å². The van der Waals surface area contributed by atoms with Crippen LogP contribution in [0.3, 0.4) is 0 Å². The number of hydrogen-bond donors (Lipinski definition) is 0. The Balaban J connectivity index is 1.16. The van der Waals surface area contributed by atoms with Crippen LogP contribution in [0.1, 0.15) is 36.8 Å². The number of likely N-dealkylation sites (N-methyl/N-ethyl adjacent to an activating group) is 1. The highest BCUT2D eigenvalue weighted by atomic mass is 35.6. The van der Waals surface area contributed by atoms with E-state index in [1.54, 1.807) is 0 Å². The van der Waals surface area contributed by atoms with E-state index in [1.165, 1.54) is 0 Å². The molecule has 2 aliphatic rings. The van der Waals surface area contributed by atoms with Crippen LogP contribution >= 0.6 is 10.0 Å². The van der Waals surface area contributed by atoms with E-state index in [0.29, 0.717) is 12.3 Å². The Morgan fingerprint density at radius 2 is 0.955 bits per heavy atom. The van der Waals surface area contributed by atoms with Crippen molar-refractivity contribution in [1.82, 2.24) is 4.90 Å². The first-order valence-electron chi connectivity index (χ1n) is 23.5. The molecular weight excluding hydrogens is 855 g/mol. The van der Waals surface area contributed by atoms with Gasteiger partial charge in [-0.1, -0.05) is 195 Å². The van der Waals surface area contributed by atoms with Gasteiger partial charge in [0.2, 0.25) is 0 Å². The average Bonchev–Trinajstić information content (AvgIpc) is 3.38. The molecule has 4 nitrogen and oxygen atoms in total. The molecule has 0 amide bonds. The molecule has 2 atom stereocenters. The van der Waals surface area contributed by atoms with E-state index in [9.17, 15) is 0 Å². The number of aliphatic imine (C=N–C) groups is 1. The molecule has 1 saturated carbocycles. The molecule has 1 fully saturated rings. The Bertz CT molecular complexity index is 3520. The summed E-state index contributed by atoms with van der Waals surface area (Å²) in [5.74, 6) is 1.47. The lowest BCUT2D eigenvalue weighted by Gasteiger charge is -2.36. The van der Waals surface area contributed by atoms with Crippen molar-refractivity contribution in [3.8, 4) is 56.0 Å². The molecule has 0 N–H and O–H groups in total. The molecule has 0 spiro atoms. The lowest BCUT2D eigenvalue weighted by Crippen LogP contribution is -2.42. The quantitative estimate of drug-likeness (QED) is 0.165. The molecule has 1 heterocycles. The van der Waals surface area contributed by atoms with Crippen molar-refractivity contribution in [3.05, 3.63) is 205 Å². The summed E-state index contributed by atoms with van der Waals surface area (Å²) in [5, 5.41) is 9.04. The summed E-state index contributed by atoms with van der Waals surface area (Å²) in [5.41, 5.74) is 10.7. The molecule has 0 aromatic heterocycles. The third-order valence-corrected chi connectivity index (χ3v) is 15.5. The van der Waals surface area contributed by atoms with Gasteiger partial charge in [0.1, 0.15) is 5.75 Å². The summed E-state index contributed by atoms with van der Waals surface area (Å²) in [7, 11) is 10.1. The zero-order chi connectivity index (χ0) is 44.8. The van der Waals surface area contributed by atoms with E-state index in [1.807, 2.05) is 0 Å². The van der Waals surface area contributed by atoms with Crippen LogP contribution in [-0.2, 0) is 6.54 Å². The Morgan fingerprint density at radius 3 is 1.54 bits per heavy atom. The van der Waals surface area contributed by atoms with Gasteiger partial charge in [-0.15, -0.1) is 0 Å². The van der Waals surface area contributed by atoms with Crippen molar-refractivity contribution in [3.63, 3.8) is 0 Å². The molecule has 0 radical (unpaired) electrons. The monoisotopic (exact) mass is 902 g/mol. The molecule has 1 aliphatic carbocycles. The molecule has 0 saturated heterocycles. The first-order valence-corrected chi connectivity index (χ1v) is 26.2. The molecule has 0 unspecified atom stereocenters. The molecular formula is C61H48AlClN2O2. The molecule has 10 aromatic rings. The highest BCUT2D eigenvalue weighted by Crippen LogP contribution is 2.50. The number of halogens is 1. The van der Waals surface area contributed by atoms with Gasteiger partial charge in [0.05, 0.1) is 11.8 Å². The Labute approximate surface area is 401 Å². The minimum Gasteiger partial charge on any atom is -0.599 e. The molecule has 67 heavy (non-hydrogen) atoms. The molecule has 1 aliphatic heterocycles. The van der Waals surface area contributed by atoms with Crippen LogP contribution < -0.4 is 7.58 Å². The highest BCUT2D eigenvalue weighted by Gasteiger charge is 2.38. The number of rotatable bonds is 4. The van der Waals surface area contributed by atoms with Gasteiger partial charge in [0.15, 0.2) is 0 Å². The van der Waals surface area contributed by atoms with E-state index < -0.39 is 13.9 Å². The second-order valence-electron chi connectivity index (χ2n) is 18.1. The topological polar surface area (TPSA) is 34.1 Å². The van der Waals surface area contributed by atoms with Gasteiger partial charge in [-0.3, -0.25) is 9.89 Å². The summed E-state index contributed by atoms with van der Waals surface area (Å²) in [6.45, 7) is 0.659. The Morgan fingerprint density at radius 1 is 0.493 bits per heavy atom. The van der Waals surface area contributed by atoms with Crippen molar-refractivity contribution in [1.29, 1.82) is 0 Å². The van der Waals surface area contributed by atoms with Gasteiger partial charge >= 0.3 is 13.9 Å². The maximum atomic E-state index is 7.88. The number of hydrogen-bond acceptors (Lipinski definition) is 4. The SMILES string of the molecule is CN1Cc2cc3ccccc3c(-c3c(-c4ccccc4)ccc4ccccc34)c2[O][Al]([Cl])[O]c2c(cc3ccccc3c2-c2c(-c3ccccc3)ccc3ccccc23)C=N[C@@H]2CCCC[C@H]21. The predicted octanol–water partition coefficient (Wildman–Crippen LogP) is 15.8. The molecule has 6 heteroatoms. The van der Waals surface area contributed by atoms with Gasteiger partial charge < -0.3 is 7.58 Å². The first-order chi connectivity index (χ1) is 33.1. The fourth-order valence-corrected chi connectivity index (χ4v) is 12.5. The van der Waals surface area contributed by atoms with Crippen LogP contribution in [0.2, 0.25) is 0 Å². The van der Waals surface area contributed by atoms with E-state index in [4.69, 9.17) is 22.6 Å². The van der Waals surface area contributed by atoms with Crippen LogP contribution in [0.4, 0.5) is 0 Å². The summed E-state index contributed by atoms with van der Waals surface area (Å²) in [4.78, 5) is 8.06. The van der Waals surface area contributed by atoms with Crippen LogP contribution in [0, 0.1) is 0 Å². The highest BCUT2D eigenvalue weighted by molar-refractivity contribution is 7.00. The molecule has 0 bridgehead atoms. The standard InChI is InChI=1S/C61H50N2O2.Al.ClH/c1-63(39-47-37-45-25-11-15-29-51(45)59(61(47)65)57-49-27-13-9-23-43(49)33-35-53(57)41-20-6-3-7-21-41)55-31-17-16-30-54(55)62-38-46-36-44-24-10-14-28-50(44)58(60(46)64)56-48-26-12-8-22-42(48)32-34-52(56)40-18-4-2-5-19-40;;/h2-15,18-29,32-38,54-55,64-65H,16-17,30-31,39H2,1H3;;1H/q;+3;/p-3/t54-,55-;;/m1../s1. The fraction of sp³-hybridized carbons (Fsp3) is 0.131. The van der Waals surface area contributed by atoms with Gasteiger partial charge in [0, 0.05) is 52.2 Å². The van der Waals surface area contributed by atoms with Crippen molar-refractivity contribution < 1.29 is 7.58 Å². The smallest absolute Gasteiger partial charge is 0.599 e. The summed E-state index contributed by atoms with van der Waals surface area (Å²) in [6, 6.07) is 70.0. The average molecular weight is 904 g/mol. The first kappa shape index (κ1) is 41.7. The van der Waals surface area contributed by atoms with E-state index in [-0.39, 0.29) is 12.1 Å². The zero-order valence-corrected chi connectivity index (χ0v) is 39.3. The van der Waals surface area contributed by atoms with Crippen molar-refractivity contribution >= 4 is 73.2 Å². The van der Waals surface area contributed by atoms with Crippen LogP contribution in [0.15, 0.2) is 199 Å². The maximum absolute atomic E-state index is 7.88. The van der Waals surface area contributed by atoms with Gasteiger partial charge in [-0.05, 0) is 97.4 Å². The minimum atomic E-state index is -3.17. The molecule has 10 aromatic carbocycles. The number of fused-ring (bicyclic) bond motifs is 7. The van der Waals surface area contributed by atoms with E-state index >= 15 is 0 Å². The second-order valence-corrected chi connectivity index (χ2v) is 20.2. The predicted molar refractivity (Wildman–Crippen MR) is 283 cm³/mol. The largest absolute Gasteiger partial charge is 0.999 e. The van der Waals surface area contributed by atoms with Crippen molar-refractivity contribution in [2.45, 2.75) is 44.3 Å². The van der Waals surface area contributed by atoms with Gasteiger partial charge in [-0.25, -0.2) is 0 Å². The Kier molecular flexibility index (Phi) is 11.1.